The molecule has 1 aliphatic heterocycles. The summed E-state index contributed by atoms with van der Waals surface area (Å²) in [6.07, 6.45) is 2.82. The van der Waals surface area contributed by atoms with Crippen LogP contribution in [-0.4, -0.2) is 67.0 Å². The molecule has 0 N–H and O–H groups in total. The predicted octanol–water partition coefficient (Wildman–Crippen LogP) is 3.17. The number of fused-ring (bicyclic) bond motifs is 1. The van der Waals surface area contributed by atoms with Crippen molar-refractivity contribution in [2.75, 3.05) is 40.8 Å². The number of hydrogen-bond acceptors (Lipinski definition) is 4. The molecular weight excluding hydrogens is 378 g/mol. The number of likely N-dealkylation sites (tertiary alicyclic amines) is 1. The summed E-state index contributed by atoms with van der Waals surface area (Å²) in [5.41, 5.74) is 2.66. The fourth-order valence-electron chi connectivity index (χ4n) is 3.89. The Morgan fingerprint density at radius 1 is 1.10 bits per heavy atom. The van der Waals surface area contributed by atoms with E-state index in [4.69, 9.17) is 4.74 Å². The summed E-state index contributed by atoms with van der Waals surface area (Å²) in [4.78, 5) is 29.7. The molecule has 1 aromatic heterocycles. The Morgan fingerprint density at radius 2 is 1.83 bits per heavy atom. The minimum Gasteiger partial charge on any atom is -0.497 e. The van der Waals surface area contributed by atoms with Crippen LogP contribution >= 0.6 is 0 Å². The minimum atomic E-state index is -0.193. The molecule has 3 aromatic rings. The van der Waals surface area contributed by atoms with E-state index in [2.05, 4.69) is 4.90 Å². The molecule has 0 unspecified atom stereocenters. The van der Waals surface area contributed by atoms with Crippen molar-refractivity contribution >= 4 is 22.7 Å². The lowest BCUT2D eigenvalue weighted by Crippen LogP contribution is -2.54. The van der Waals surface area contributed by atoms with Gasteiger partial charge < -0.3 is 14.5 Å². The number of aromatic nitrogens is 1. The van der Waals surface area contributed by atoms with Gasteiger partial charge in [0.25, 0.3) is 5.91 Å². The SMILES string of the molecule is COc1ccc2c(CCN(C)C)cn(C(=O)C3CN(C(=O)c4ccccc4)C3)c2c1. The van der Waals surface area contributed by atoms with Crippen LogP contribution < -0.4 is 4.74 Å². The van der Waals surface area contributed by atoms with Gasteiger partial charge >= 0.3 is 0 Å². The zero-order chi connectivity index (χ0) is 21.3. The molecule has 4 rings (SSSR count). The molecule has 2 aromatic carbocycles. The Balaban J connectivity index is 1.55. The first kappa shape index (κ1) is 20.2. The monoisotopic (exact) mass is 405 g/mol. The number of nitrogens with zero attached hydrogens (tertiary/aromatic N) is 3. The summed E-state index contributed by atoms with van der Waals surface area (Å²) >= 11 is 0. The first-order chi connectivity index (χ1) is 14.5. The fourth-order valence-corrected chi connectivity index (χ4v) is 3.89. The van der Waals surface area contributed by atoms with Crippen molar-refractivity contribution in [2.45, 2.75) is 6.42 Å². The van der Waals surface area contributed by atoms with Gasteiger partial charge in [-0.25, -0.2) is 0 Å². The first-order valence-corrected chi connectivity index (χ1v) is 10.2. The van der Waals surface area contributed by atoms with Gasteiger partial charge in [-0.2, -0.15) is 0 Å². The molecule has 1 aliphatic rings. The molecule has 156 valence electrons. The van der Waals surface area contributed by atoms with Crippen LogP contribution in [0.3, 0.4) is 0 Å². The Kier molecular flexibility index (Phi) is 5.59. The van der Waals surface area contributed by atoms with Gasteiger partial charge in [0.15, 0.2) is 0 Å². The van der Waals surface area contributed by atoms with Crippen molar-refractivity contribution in [2.24, 2.45) is 5.92 Å². The third-order valence-corrected chi connectivity index (χ3v) is 5.70. The number of carbonyl (C=O) groups is 2. The standard InChI is InChI=1S/C24H27N3O3/c1-25(2)12-11-18-16-27(22-13-20(30-3)9-10-21(18)22)24(29)19-14-26(15-19)23(28)17-7-5-4-6-8-17/h4-10,13,16,19H,11-12,14-15H2,1-3H3. The highest BCUT2D eigenvalue weighted by Crippen LogP contribution is 2.29. The van der Waals surface area contributed by atoms with Crippen LogP contribution in [0, 0.1) is 5.92 Å². The number of hydrogen-bond donors (Lipinski definition) is 0. The van der Waals surface area contributed by atoms with Crippen LogP contribution in [-0.2, 0) is 6.42 Å². The second-order valence-electron chi connectivity index (χ2n) is 8.07. The van der Waals surface area contributed by atoms with E-state index in [1.165, 1.54) is 0 Å². The minimum absolute atomic E-state index is 0.0228. The Morgan fingerprint density at radius 3 is 2.50 bits per heavy atom. The van der Waals surface area contributed by atoms with Crippen LogP contribution in [0.2, 0.25) is 0 Å². The Bertz CT molecular complexity index is 1070. The van der Waals surface area contributed by atoms with Gasteiger partial charge in [-0.3, -0.25) is 14.2 Å². The van der Waals surface area contributed by atoms with E-state index < -0.39 is 0 Å². The number of ether oxygens (including phenoxy) is 1. The van der Waals surface area contributed by atoms with Crippen molar-refractivity contribution in [1.82, 2.24) is 14.4 Å². The number of methoxy groups -OCH3 is 1. The summed E-state index contributed by atoms with van der Waals surface area (Å²) in [6, 6.07) is 15.1. The van der Waals surface area contributed by atoms with Crippen molar-refractivity contribution in [3.05, 3.63) is 65.9 Å². The third kappa shape index (κ3) is 3.83. The van der Waals surface area contributed by atoms with Gasteiger partial charge in [0.2, 0.25) is 5.91 Å². The third-order valence-electron chi connectivity index (χ3n) is 5.70. The van der Waals surface area contributed by atoms with Gasteiger partial charge in [0.1, 0.15) is 5.75 Å². The summed E-state index contributed by atoms with van der Waals surface area (Å²) in [7, 11) is 5.71. The molecule has 1 amide bonds. The predicted molar refractivity (Wildman–Crippen MR) is 117 cm³/mol. The maximum atomic E-state index is 13.3. The quantitative estimate of drug-likeness (QED) is 0.632. The van der Waals surface area contributed by atoms with Crippen LogP contribution in [0.25, 0.3) is 10.9 Å². The molecule has 0 bridgehead atoms. The average molecular weight is 405 g/mol. The lowest BCUT2D eigenvalue weighted by Gasteiger charge is -2.38. The molecule has 0 spiro atoms. The first-order valence-electron chi connectivity index (χ1n) is 10.2. The smallest absolute Gasteiger partial charge is 0.253 e. The lowest BCUT2D eigenvalue weighted by atomic mass is 9.97. The molecular formula is C24H27N3O3. The topological polar surface area (TPSA) is 54.8 Å². The maximum absolute atomic E-state index is 13.3. The van der Waals surface area contributed by atoms with Crippen molar-refractivity contribution < 1.29 is 14.3 Å². The molecule has 1 fully saturated rings. The Labute approximate surface area is 176 Å². The van der Waals surface area contributed by atoms with E-state index in [9.17, 15) is 9.59 Å². The van der Waals surface area contributed by atoms with Gasteiger partial charge in [0, 0.05) is 42.8 Å². The average Bonchev–Trinajstić information content (AvgIpc) is 3.09. The van der Waals surface area contributed by atoms with Crippen LogP contribution in [0.5, 0.6) is 5.75 Å². The maximum Gasteiger partial charge on any atom is 0.253 e. The van der Waals surface area contributed by atoms with E-state index in [1.54, 1.807) is 28.7 Å². The van der Waals surface area contributed by atoms with Gasteiger partial charge in [0.05, 0.1) is 18.5 Å². The summed E-state index contributed by atoms with van der Waals surface area (Å²) in [6.45, 7) is 1.80. The summed E-state index contributed by atoms with van der Waals surface area (Å²) < 4.78 is 7.12. The largest absolute Gasteiger partial charge is 0.497 e. The van der Waals surface area contributed by atoms with Crippen LogP contribution in [0.15, 0.2) is 54.7 Å². The van der Waals surface area contributed by atoms with E-state index in [-0.39, 0.29) is 17.7 Å². The molecule has 6 nitrogen and oxygen atoms in total. The van der Waals surface area contributed by atoms with Gasteiger partial charge in [-0.05, 0) is 50.3 Å². The Hall–Kier alpha value is -3.12. The van der Waals surface area contributed by atoms with E-state index in [0.717, 1.165) is 35.2 Å². The van der Waals surface area contributed by atoms with Gasteiger partial charge in [-0.15, -0.1) is 0 Å². The lowest BCUT2D eigenvalue weighted by molar-refractivity contribution is 0.0425. The van der Waals surface area contributed by atoms with Crippen molar-refractivity contribution in [3.63, 3.8) is 0 Å². The molecule has 30 heavy (non-hydrogen) atoms. The normalized spacial score (nSPS) is 14.2. The highest BCUT2D eigenvalue weighted by Gasteiger charge is 2.37. The van der Waals surface area contributed by atoms with Gasteiger partial charge in [-0.1, -0.05) is 18.2 Å². The molecule has 6 heteroatoms. The van der Waals surface area contributed by atoms with E-state index in [1.807, 2.05) is 56.7 Å². The van der Waals surface area contributed by atoms with Crippen LogP contribution in [0.4, 0.5) is 0 Å². The van der Waals surface area contributed by atoms with E-state index >= 15 is 0 Å². The molecule has 0 saturated carbocycles. The second kappa shape index (κ2) is 8.32. The number of rotatable bonds is 6. The molecule has 2 heterocycles. The summed E-state index contributed by atoms with van der Waals surface area (Å²) in [5.74, 6) is 0.538. The molecule has 0 radical (unpaired) electrons. The fraction of sp³-hybridized carbons (Fsp3) is 0.333. The van der Waals surface area contributed by atoms with E-state index in [0.29, 0.717) is 18.7 Å². The highest BCUT2D eigenvalue weighted by molar-refractivity contribution is 5.99. The highest BCUT2D eigenvalue weighted by atomic mass is 16.5. The van der Waals surface area contributed by atoms with Crippen molar-refractivity contribution in [3.8, 4) is 5.75 Å². The second-order valence-corrected chi connectivity index (χ2v) is 8.07. The zero-order valence-electron chi connectivity index (χ0n) is 17.7. The number of carbonyl (C=O) groups excluding carboxylic acids is 2. The number of amides is 1. The zero-order valence-corrected chi connectivity index (χ0v) is 17.7. The van der Waals surface area contributed by atoms with Crippen molar-refractivity contribution in [1.29, 1.82) is 0 Å². The molecule has 0 aliphatic carbocycles. The number of benzene rings is 2. The number of likely N-dealkylation sites (N-methyl/N-ethyl adjacent to an activating group) is 1. The summed E-state index contributed by atoms with van der Waals surface area (Å²) in [5, 5.41) is 1.07. The molecule has 0 atom stereocenters. The van der Waals surface area contributed by atoms with Crippen LogP contribution in [0.1, 0.15) is 20.7 Å². The molecule has 1 saturated heterocycles.